The fourth-order valence-electron chi connectivity index (χ4n) is 3.16. The van der Waals surface area contributed by atoms with Gasteiger partial charge in [0, 0.05) is 18.9 Å². The number of aliphatic carboxylic acids is 1. The minimum absolute atomic E-state index is 0.0243. The third kappa shape index (κ3) is 8.21. The number of rotatable bonds is 5. The summed E-state index contributed by atoms with van der Waals surface area (Å²) < 4.78 is 112. The third-order valence-electron chi connectivity index (χ3n) is 5.11. The Hall–Kier alpha value is -4.58. The van der Waals surface area contributed by atoms with Crippen LogP contribution in [0.5, 0.6) is 5.75 Å². The molecule has 0 radical (unpaired) electrons. The van der Waals surface area contributed by atoms with Gasteiger partial charge in [0.25, 0.3) is 5.91 Å². The zero-order valence-electron chi connectivity index (χ0n) is 20.5. The standard InChI is InChI=1S/C20H16F6N4O4.C2HF3O2/c1-18(2)16(32)30(17(33)29(18)10-11-5-7-27-8-6-11)12-3-4-14(34-20(24,25)26)13(9-12)28-15(31)19(21,22)23;3-2(4,5)1(6)7/h3-9H,10H2,1-2H3,(H,28,31);(H,6,7). The average Bonchev–Trinajstić information content (AvgIpc) is 2.98. The van der Waals surface area contributed by atoms with E-state index in [4.69, 9.17) is 9.90 Å². The molecule has 10 nitrogen and oxygen atoms in total. The molecule has 224 valence electrons. The van der Waals surface area contributed by atoms with Crippen LogP contribution in [0.4, 0.5) is 55.7 Å². The predicted molar refractivity (Wildman–Crippen MR) is 118 cm³/mol. The van der Waals surface area contributed by atoms with E-state index in [1.54, 1.807) is 12.1 Å². The average molecular weight is 604 g/mol. The van der Waals surface area contributed by atoms with Crippen molar-refractivity contribution in [2.45, 2.75) is 44.6 Å². The molecule has 1 aliphatic rings. The molecule has 2 heterocycles. The molecule has 1 saturated heterocycles. The summed E-state index contributed by atoms with van der Waals surface area (Å²) in [6, 6.07) is 4.42. The summed E-state index contributed by atoms with van der Waals surface area (Å²) in [5.41, 5.74) is -2.19. The highest BCUT2D eigenvalue weighted by Crippen LogP contribution is 2.38. The molecule has 0 saturated carbocycles. The maximum Gasteiger partial charge on any atom is 0.573 e. The number of aromatic nitrogens is 1. The third-order valence-corrected chi connectivity index (χ3v) is 5.11. The second-order valence-electron chi connectivity index (χ2n) is 8.41. The van der Waals surface area contributed by atoms with Crippen LogP contribution in [0, 0.1) is 0 Å². The van der Waals surface area contributed by atoms with E-state index in [9.17, 15) is 53.9 Å². The number of halogens is 9. The van der Waals surface area contributed by atoms with Crippen LogP contribution in [0.1, 0.15) is 19.4 Å². The van der Waals surface area contributed by atoms with E-state index in [0.29, 0.717) is 22.6 Å². The van der Waals surface area contributed by atoms with Gasteiger partial charge in [-0.2, -0.15) is 26.3 Å². The van der Waals surface area contributed by atoms with Crippen molar-refractivity contribution >= 4 is 35.2 Å². The summed E-state index contributed by atoms with van der Waals surface area (Å²) in [4.78, 5) is 52.0. The molecule has 0 spiro atoms. The molecular weight excluding hydrogens is 587 g/mol. The number of carbonyl (C=O) groups excluding carboxylic acids is 3. The zero-order valence-corrected chi connectivity index (χ0v) is 20.5. The van der Waals surface area contributed by atoms with E-state index in [1.165, 1.54) is 36.5 Å². The number of imide groups is 1. The first kappa shape index (κ1) is 32.6. The van der Waals surface area contributed by atoms with E-state index < -0.39 is 59.5 Å². The zero-order chi connectivity index (χ0) is 31.6. The highest BCUT2D eigenvalue weighted by atomic mass is 19.4. The molecule has 1 aromatic heterocycles. The Kier molecular flexibility index (Phi) is 9.15. The van der Waals surface area contributed by atoms with E-state index in [1.807, 2.05) is 0 Å². The highest BCUT2D eigenvalue weighted by Gasteiger charge is 2.52. The smallest absolute Gasteiger partial charge is 0.475 e. The number of carbonyl (C=O) groups is 4. The lowest BCUT2D eigenvalue weighted by atomic mass is 10.0. The van der Waals surface area contributed by atoms with Gasteiger partial charge >= 0.3 is 36.6 Å². The van der Waals surface area contributed by atoms with Crippen molar-refractivity contribution in [2.75, 3.05) is 10.2 Å². The lowest BCUT2D eigenvalue weighted by Gasteiger charge is -2.27. The quantitative estimate of drug-likeness (QED) is 0.369. The van der Waals surface area contributed by atoms with Crippen molar-refractivity contribution in [3.05, 3.63) is 48.3 Å². The number of hydrogen-bond donors (Lipinski definition) is 2. The van der Waals surface area contributed by atoms with Crippen molar-refractivity contribution in [3.8, 4) is 5.75 Å². The molecule has 0 atom stereocenters. The number of benzene rings is 1. The van der Waals surface area contributed by atoms with Crippen molar-refractivity contribution < 1.29 is 68.5 Å². The van der Waals surface area contributed by atoms with Crippen LogP contribution in [0.25, 0.3) is 0 Å². The van der Waals surface area contributed by atoms with Crippen molar-refractivity contribution in [1.29, 1.82) is 0 Å². The van der Waals surface area contributed by atoms with Gasteiger partial charge in [-0.15, -0.1) is 13.2 Å². The van der Waals surface area contributed by atoms with Gasteiger partial charge in [0.2, 0.25) is 0 Å². The van der Waals surface area contributed by atoms with Gasteiger partial charge in [-0.1, -0.05) is 0 Å². The molecule has 0 unspecified atom stereocenters. The first-order valence-electron chi connectivity index (χ1n) is 10.7. The molecule has 2 aromatic rings. The van der Waals surface area contributed by atoms with Gasteiger partial charge in [0.15, 0.2) is 5.75 Å². The minimum Gasteiger partial charge on any atom is -0.475 e. The molecule has 0 aliphatic carbocycles. The van der Waals surface area contributed by atoms with Crippen LogP contribution in [-0.2, 0) is 20.9 Å². The van der Waals surface area contributed by atoms with Gasteiger partial charge in [-0.25, -0.2) is 14.5 Å². The molecular formula is C22H17F9N4O6. The van der Waals surface area contributed by atoms with Crippen molar-refractivity contribution in [1.82, 2.24) is 9.88 Å². The number of alkyl halides is 9. The maximum atomic E-state index is 13.1. The summed E-state index contributed by atoms with van der Waals surface area (Å²) in [5, 5.41) is 8.40. The topological polar surface area (TPSA) is 129 Å². The summed E-state index contributed by atoms with van der Waals surface area (Å²) in [7, 11) is 0. The number of amides is 4. The normalized spacial score (nSPS) is 15.3. The van der Waals surface area contributed by atoms with E-state index in [2.05, 4.69) is 9.72 Å². The van der Waals surface area contributed by atoms with E-state index in [0.717, 1.165) is 6.07 Å². The van der Waals surface area contributed by atoms with Crippen LogP contribution >= 0.6 is 0 Å². The van der Waals surface area contributed by atoms with Crippen LogP contribution in [0.2, 0.25) is 0 Å². The fraction of sp³-hybridized carbons (Fsp3) is 0.318. The van der Waals surface area contributed by atoms with E-state index in [-0.39, 0.29) is 12.2 Å². The largest absolute Gasteiger partial charge is 0.573 e. The summed E-state index contributed by atoms with van der Waals surface area (Å²) in [6.45, 7) is 2.84. The van der Waals surface area contributed by atoms with Crippen molar-refractivity contribution in [3.63, 3.8) is 0 Å². The highest BCUT2D eigenvalue weighted by molar-refractivity contribution is 6.23. The molecule has 1 fully saturated rings. The maximum absolute atomic E-state index is 13.1. The first-order valence-corrected chi connectivity index (χ1v) is 10.7. The number of urea groups is 1. The van der Waals surface area contributed by atoms with Gasteiger partial charge < -0.3 is 20.1 Å². The molecule has 1 aromatic carbocycles. The monoisotopic (exact) mass is 604 g/mol. The number of hydrogen-bond acceptors (Lipinski definition) is 6. The number of carboxylic acids is 1. The molecule has 19 heteroatoms. The van der Waals surface area contributed by atoms with Crippen molar-refractivity contribution in [2.24, 2.45) is 0 Å². The lowest BCUT2D eigenvalue weighted by molar-refractivity contribution is -0.274. The molecule has 4 amide bonds. The Morgan fingerprint density at radius 2 is 1.49 bits per heavy atom. The Bertz CT molecular complexity index is 1310. The predicted octanol–water partition coefficient (Wildman–Crippen LogP) is 4.86. The Morgan fingerprint density at radius 1 is 0.951 bits per heavy atom. The first-order chi connectivity index (χ1) is 18.6. The summed E-state index contributed by atoms with van der Waals surface area (Å²) in [5.74, 6) is -7.28. The Morgan fingerprint density at radius 3 is 1.95 bits per heavy atom. The number of nitrogens with zero attached hydrogens (tertiary/aromatic N) is 3. The lowest BCUT2D eigenvalue weighted by Crippen LogP contribution is -2.43. The number of nitrogens with one attached hydrogen (secondary N) is 1. The van der Waals surface area contributed by atoms with Gasteiger partial charge in [-0.3, -0.25) is 14.6 Å². The minimum atomic E-state index is -5.42. The molecule has 0 bridgehead atoms. The fourth-order valence-corrected chi connectivity index (χ4v) is 3.16. The Labute approximate surface area is 223 Å². The van der Waals surface area contributed by atoms with Crippen LogP contribution in [0.15, 0.2) is 42.7 Å². The SMILES string of the molecule is CC1(C)C(=O)N(c2ccc(OC(F)(F)F)c(NC(=O)C(F)(F)F)c2)C(=O)N1Cc1ccncc1.O=C(O)C(F)(F)F. The van der Waals surface area contributed by atoms with Gasteiger partial charge in [-0.05, 0) is 49.7 Å². The Balaban J connectivity index is 0.000000745. The van der Waals surface area contributed by atoms with Crippen LogP contribution < -0.4 is 15.0 Å². The summed E-state index contributed by atoms with van der Waals surface area (Å²) in [6.07, 6.45) is -12.9. The van der Waals surface area contributed by atoms with Crippen LogP contribution in [-0.4, -0.2) is 63.1 Å². The van der Waals surface area contributed by atoms with E-state index >= 15 is 0 Å². The second kappa shape index (κ2) is 11.5. The number of carboxylic acid groups (broad SMARTS) is 1. The van der Waals surface area contributed by atoms with Gasteiger partial charge in [0.1, 0.15) is 5.54 Å². The van der Waals surface area contributed by atoms with Crippen LogP contribution in [0.3, 0.4) is 0 Å². The summed E-state index contributed by atoms with van der Waals surface area (Å²) >= 11 is 0. The number of pyridine rings is 1. The molecule has 1 aliphatic heterocycles. The second-order valence-corrected chi connectivity index (χ2v) is 8.41. The molecule has 41 heavy (non-hydrogen) atoms. The number of anilines is 2. The van der Waals surface area contributed by atoms with Gasteiger partial charge in [0.05, 0.1) is 11.4 Å². The molecule has 2 N–H and O–H groups in total. The number of ether oxygens (including phenoxy) is 1. The molecule has 3 rings (SSSR count).